The summed E-state index contributed by atoms with van der Waals surface area (Å²) in [5, 5.41) is 3.59. The SMILES string of the molecule is CCOC(=O)c1ncsc1Nc1ccc(F)c(Br)c1. The minimum atomic E-state index is -0.479. The molecule has 0 saturated carbocycles. The fraction of sp³-hybridized carbons (Fsp3) is 0.167. The van der Waals surface area contributed by atoms with Crippen LogP contribution in [0, 0.1) is 5.82 Å². The van der Waals surface area contributed by atoms with Crippen molar-refractivity contribution >= 4 is 43.9 Å². The lowest BCUT2D eigenvalue weighted by Crippen LogP contribution is -2.07. The summed E-state index contributed by atoms with van der Waals surface area (Å²) >= 11 is 4.38. The van der Waals surface area contributed by atoms with E-state index in [0.717, 1.165) is 0 Å². The van der Waals surface area contributed by atoms with E-state index in [4.69, 9.17) is 4.74 Å². The molecule has 0 unspecified atom stereocenters. The Balaban J connectivity index is 2.21. The molecule has 7 heteroatoms. The molecule has 0 saturated heterocycles. The highest BCUT2D eigenvalue weighted by Gasteiger charge is 2.16. The Bertz CT molecular complexity index is 603. The fourth-order valence-electron chi connectivity index (χ4n) is 1.38. The lowest BCUT2D eigenvalue weighted by molar-refractivity contribution is 0.0521. The van der Waals surface area contributed by atoms with Crippen molar-refractivity contribution in [2.75, 3.05) is 11.9 Å². The molecule has 0 bridgehead atoms. The summed E-state index contributed by atoms with van der Waals surface area (Å²) in [4.78, 5) is 15.6. The van der Waals surface area contributed by atoms with Crippen LogP contribution in [0.4, 0.5) is 15.1 Å². The second kappa shape index (κ2) is 6.12. The van der Waals surface area contributed by atoms with Crippen molar-refractivity contribution in [3.63, 3.8) is 0 Å². The van der Waals surface area contributed by atoms with Gasteiger partial charge in [0.1, 0.15) is 10.8 Å². The Morgan fingerprint density at radius 3 is 3.05 bits per heavy atom. The average Bonchev–Trinajstić information content (AvgIpc) is 2.82. The number of hydrogen-bond acceptors (Lipinski definition) is 5. The molecule has 0 aliphatic carbocycles. The molecule has 100 valence electrons. The highest BCUT2D eigenvalue weighted by molar-refractivity contribution is 9.10. The molecule has 2 aromatic rings. The van der Waals surface area contributed by atoms with E-state index in [0.29, 0.717) is 15.2 Å². The number of hydrogen-bond donors (Lipinski definition) is 1. The molecule has 4 nitrogen and oxygen atoms in total. The maximum atomic E-state index is 13.1. The standard InChI is InChI=1S/C12H10BrFN2O2S/c1-2-18-12(17)10-11(19-6-15-10)16-7-3-4-9(14)8(13)5-7/h3-6,16H,2H2,1H3. The first-order valence-electron chi connectivity index (χ1n) is 5.44. The van der Waals surface area contributed by atoms with Gasteiger partial charge in [0, 0.05) is 5.69 Å². The zero-order chi connectivity index (χ0) is 13.8. The van der Waals surface area contributed by atoms with Crippen LogP contribution in [-0.2, 0) is 4.74 Å². The van der Waals surface area contributed by atoms with Crippen LogP contribution in [0.3, 0.4) is 0 Å². The molecule has 1 aromatic heterocycles. The highest BCUT2D eigenvalue weighted by atomic mass is 79.9. The number of ether oxygens (including phenoxy) is 1. The minimum absolute atomic E-state index is 0.229. The number of nitrogens with zero attached hydrogens (tertiary/aromatic N) is 1. The van der Waals surface area contributed by atoms with E-state index in [1.807, 2.05) is 0 Å². The van der Waals surface area contributed by atoms with Gasteiger partial charge in [-0.2, -0.15) is 0 Å². The van der Waals surface area contributed by atoms with Gasteiger partial charge in [0.05, 0.1) is 16.6 Å². The number of thiazole rings is 1. The van der Waals surface area contributed by atoms with Gasteiger partial charge in [-0.15, -0.1) is 11.3 Å². The van der Waals surface area contributed by atoms with Gasteiger partial charge in [0.15, 0.2) is 5.69 Å². The first-order valence-corrected chi connectivity index (χ1v) is 7.11. The van der Waals surface area contributed by atoms with Crippen LogP contribution in [0.25, 0.3) is 0 Å². The largest absolute Gasteiger partial charge is 0.461 e. The van der Waals surface area contributed by atoms with Crippen molar-refractivity contribution in [2.45, 2.75) is 6.92 Å². The van der Waals surface area contributed by atoms with Gasteiger partial charge in [0.2, 0.25) is 0 Å². The molecule has 0 amide bonds. The molecule has 1 aromatic carbocycles. The van der Waals surface area contributed by atoms with Crippen LogP contribution >= 0.6 is 27.3 Å². The number of rotatable bonds is 4. The third-order valence-electron chi connectivity index (χ3n) is 2.21. The van der Waals surface area contributed by atoms with E-state index in [1.54, 1.807) is 24.6 Å². The minimum Gasteiger partial charge on any atom is -0.461 e. The smallest absolute Gasteiger partial charge is 0.360 e. The molecule has 2 rings (SSSR count). The van der Waals surface area contributed by atoms with Crippen molar-refractivity contribution < 1.29 is 13.9 Å². The third kappa shape index (κ3) is 3.30. The van der Waals surface area contributed by atoms with Crippen LogP contribution in [0.1, 0.15) is 17.4 Å². The van der Waals surface area contributed by atoms with E-state index >= 15 is 0 Å². The van der Waals surface area contributed by atoms with Crippen molar-refractivity contribution in [2.24, 2.45) is 0 Å². The Morgan fingerprint density at radius 2 is 2.37 bits per heavy atom. The summed E-state index contributed by atoms with van der Waals surface area (Å²) in [6.07, 6.45) is 0. The number of esters is 1. The quantitative estimate of drug-likeness (QED) is 0.852. The molecule has 0 aliphatic rings. The van der Waals surface area contributed by atoms with Crippen LogP contribution in [0.5, 0.6) is 0 Å². The van der Waals surface area contributed by atoms with E-state index < -0.39 is 5.97 Å². The zero-order valence-electron chi connectivity index (χ0n) is 9.94. The summed E-state index contributed by atoms with van der Waals surface area (Å²) in [6.45, 7) is 2.02. The number of halogens is 2. The second-order valence-corrected chi connectivity index (χ2v) is 5.21. The number of nitrogens with one attached hydrogen (secondary N) is 1. The van der Waals surface area contributed by atoms with Crippen molar-refractivity contribution in [3.8, 4) is 0 Å². The third-order valence-corrected chi connectivity index (χ3v) is 3.56. The average molecular weight is 345 g/mol. The molecule has 1 N–H and O–H groups in total. The van der Waals surface area contributed by atoms with Gasteiger partial charge in [-0.25, -0.2) is 14.2 Å². The van der Waals surface area contributed by atoms with E-state index in [9.17, 15) is 9.18 Å². The van der Waals surface area contributed by atoms with Gasteiger partial charge in [-0.3, -0.25) is 0 Å². The maximum absolute atomic E-state index is 13.1. The summed E-state index contributed by atoms with van der Waals surface area (Å²) in [5.41, 5.74) is 2.43. The topological polar surface area (TPSA) is 51.2 Å². The van der Waals surface area contributed by atoms with Gasteiger partial charge in [-0.1, -0.05) is 0 Å². The number of anilines is 2. The first kappa shape index (κ1) is 14.0. The fourth-order valence-corrected chi connectivity index (χ4v) is 2.45. The van der Waals surface area contributed by atoms with Crippen LogP contribution < -0.4 is 5.32 Å². The molecule has 0 radical (unpaired) electrons. The molecule has 1 heterocycles. The zero-order valence-corrected chi connectivity index (χ0v) is 12.3. The van der Waals surface area contributed by atoms with Crippen LogP contribution in [0.15, 0.2) is 28.2 Å². The highest BCUT2D eigenvalue weighted by Crippen LogP contribution is 2.28. The van der Waals surface area contributed by atoms with Gasteiger partial charge in [-0.05, 0) is 41.1 Å². The number of carbonyl (C=O) groups excluding carboxylic acids is 1. The Labute approximate surface area is 121 Å². The van der Waals surface area contributed by atoms with Crippen molar-refractivity contribution in [1.29, 1.82) is 0 Å². The van der Waals surface area contributed by atoms with E-state index in [1.165, 1.54) is 17.4 Å². The molecular weight excluding hydrogens is 335 g/mol. The Kier molecular flexibility index (Phi) is 4.49. The first-order chi connectivity index (χ1) is 9.11. The monoisotopic (exact) mass is 344 g/mol. The Morgan fingerprint density at radius 1 is 1.58 bits per heavy atom. The normalized spacial score (nSPS) is 10.3. The molecule has 0 spiro atoms. The van der Waals surface area contributed by atoms with Crippen LogP contribution in [-0.4, -0.2) is 17.6 Å². The van der Waals surface area contributed by atoms with Crippen LogP contribution in [0.2, 0.25) is 0 Å². The van der Waals surface area contributed by atoms with Gasteiger partial charge in [0.25, 0.3) is 0 Å². The van der Waals surface area contributed by atoms with Crippen molar-refractivity contribution in [1.82, 2.24) is 4.98 Å². The predicted octanol–water partition coefficient (Wildman–Crippen LogP) is 3.97. The van der Waals surface area contributed by atoms with E-state index in [2.05, 4.69) is 26.2 Å². The van der Waals surface area contributed by atoms with Gasteiger partial charge >= 0.3 is 5.97 Å². The predicted molar refractivity (Wildman–Crippen MR) is 75.5 cm³/mol. The molecular formula is C12H10BrFN2O2S. The molecule has 0 atom stereocenters. The Hall–Kier alpha value is -1.47. The summed E-state index contributed by atoms with van der Waals surface area (Å²) in [5.74, 6) is -0.826. The van der Waals surface area contributed by atoms with Gasteiger partial charge < -0.3 is 10.1 Å². The van der Waals surface area contributed by atoms with Crippen molar-refractivity contribution in [3.05, 3.63) is 39.7 Å². The number of aromatic nitrogens is 1. The maximum Gasteiger partial charge on any atom is 0.360 e. The number of benzene rings is 1. The summed E-state index contributed by atoms with van der Waals surface area (Å²) in [6, 6.07) is 4.50. The summed E-state index contributed by atoms with van der Waals surface area (Å²) < 4.78 is 18.4. The molecule has 0 fully saturated rings. The second-order valence-electron chi connectivity index (χ2n) is 3.50. The number of carbonyl (C=O) groups is 1. The lowest BCUT2D eigenvalue weighted by Gasteiger charge is -2.06. The van der Waals surface area contributed by atoms with E-state index in [-0.39, 0.29) is 18.1 Å². The lowest BCUT2D eigenvalue weighted by atomic mass is 10.3. The molecule has 0 aliphatic heterocycles. The molecule has 19 heavy (non-hydrogen) atoms. The summed E-state index contributed by atoms with van der Waals surface area (Å²) in [7, 11) is 0.